The fraction of sp³-hybridized carbons (Fsp3) is 0.375. The maximum atomic E-state index is 7.64. The van der Waals surface area contributed by atoms with Crippen LogP contribution in [0.1, 0.15) is 43.3 Å². The third kappa shape index (κ3) is 3.07. The van der Waals surface area contributed by atoms with Crippen molar-refractivity contribution >= 4 is 5.84 Å². The molecular weight excluding hydrogens is 248 g/mol. The average molecular weight is 270 g/mol. The van der Waals surface area contributed by atoms with Gasteiger partial charge < -0.3 is 5.73 Å². The van der Waals surface area contributed by atoms with Crippen LogP contribution in [-0.2, 0) is 12.8 Å². The van der Waals surface area contributed by atoms with Crippen LogP contribution in [0.5, 0.6) is 0 Å². The number of hydrogen-bond donors (Lipinski definition) is 2. The fourth-order valence-corrected chi connectivity index (χ4v) is 2.43. The van der Waals surface area contributed by atoms with E-state index in [2.05, 4.69) is 32.0 Å². The van der Waals surface area contributed by atoms with Gasteiger partial charge in [0.05, 0.1) is 17.6 Å². The Kier molecular flexibility index (Phi) is 4.56. The average Bonchev–Trinajstić information content (AvgIpc) is 2.88. The molecule has 4 nitrogen and oxygen atoms in total. The highest BCUT2D eigenvalue weighted by atomic mass is 15.3. The summed E-state index contributed by atoms with van der Waals surface area (Å²) in [4.78, 5) is 0. The molecule has 0 fully saturated rings. The Bertz CT molecular complexity index is 571. The zero-order valence-electron chi connectivity index (χ0n) is 12.1. The van der Waals surface area contributed by atoms with Crippen LogP contribution in [0.3, 0.4) is 0 Å². The van der Waals surface area contributed by atoms with E-state index in [1.807, 2.05) is 22.9 Å². The molecule has 2 aromatic rings. The van der Waals surface area contributed by atoms with Crippen LogP contribution in [0.2, 0.25) is 0 Å². The normalized spacial score (nSPS) is 12.3. The first-order valence-electron chi connectivity index (χ1n) is 7.10. The van der Waals surface area contributed by atoms with Crippen molar-refractivity contribution in [2.45, 2.75) is 39.2 Å². The topological polar surface area (TPSA) is 67.7 Å². The quantitative estimate of drug-likeness (QED) is 0.626. The first-order chi connectivity index (χ1) is 9.65. The Balaban J connectivity index is 2.46. The molecule has 0 aliphatic rings. The van der Waals surface area contributed by atoms with Crippen molar-refractivity contribution in [3.63, 3.8) is 0 Å². The van der Waals surface area contributed by atoms with E-state index in [1.165, 1.54) is 5.69 Å². The number of nitrogens with two attached hydrogens (primary N) is 1. The summed E-state index contributed by atoms with van der Waals surface area (Å²) in [5.74, 6) is 0.189. The molecule has 0 saturated carbocycles. The first kappa shape index (κ1) is 14.3. The van der Waals surface area contributed by atoms with Crippen molar-refractivity contribution in [3.8, 4) is 0 Å². The lowest BCUT2D eigenvalue weighted by molar-refractivity contribution is 0.511. The van der Waals surface area contributed by atoms with E-state index in [1.54, 1.807) is 0 Å². The Morgan fingerprint density at radius 3 is 2.50 bits per heavy atom. The lowest BCUT2D eigenvalue weighted by atomic mass is 10.0. The third-order valence-corrected chi connectivity index (χ3v) is 3.48. The summed E-state index contributed by atoms with van der Waals surface area (Å²) < 4.78 is 2.04. The van der Waals surface area contributed by atoms with Gasteiger partial charge in [0.1, 0.15) is 0 Å². The molecule has 0 aliphatic carbocycles. The number of hydrogen-bond acceptors (Lipinski definition) is 2. The minimum Gasteiger partial charge on any atom is -0.388 e. The van der Waals surface area contributed by atoms with Gasteiger partial charge in [-0.25, -0.2) is 0 Å². The van der Waals surface area contributed by atoms with Gasteiger partial charge in [-0.05, 0) is 24.5 Å². The largest absolute Gasteiger partial charge is 0.388 e. The predicted octanol–water partition coefficient (Wildman–Crippen LogP) is 2.92. The van der Waals surface area contributed by atoms with Crippen LogP contribution in [0.25, 0.3) is 0 Å². The maximum absolute atomic E-state index is 7.64. The van der Waals surface area contributed by atoms with Crippen LogP contribution in [0.15, 0.2) is 36.4 Å². The minimum absolute atomic E-state index is 0.00366. The SMILES string of the molecule is CCc1cc(CC)n(C(CC(=N)N)c2ccccc2)n1. The molecule has 0 saturated heterocycles. The van der Waals surface area contributed by atoms with Gasteiger partial charge in [0.15, 0.2) is 0 Å². The summed E-state index contributed by atoms with van der Waals surface area (Å²) in [5.41, 5.74) is 9.06. The van der Waals surface area contributed by atoms with Crippen molar-refractivity contribution in [1.29, 1.82) is 5.41 Å². The number of benzene rings is 1. The van der Waals surface area contributed by atoms with Crippen molar-refractivity contribution < 1.29 is 0 Å². The summed E-state index contributed by atoms with van der Waals surface area (Å²) in [5, 5.41) is 12.3. The summed E-state index contributed by atoms with van der Waals surface area (Å²) in [6.07, 6.45) is 2.33. The van der Waals surface area contributed by atoms with Gasteiger partial charge in [-0.1, -0.05) is 44.2 Å². The highest BCUT2D eigenvalue weighted by molar-refractivity contribution is 5.77. The molecule has 1 aromatic carbocycles. The van der Waals surface area contributed by atoms with Crippen molar-refractivity contribution in [2.24, 2.45) is 5.73 Å². The van der Waals surface area contributed by atoms with Gasteiger partial charge in [-0.3, -0.25) is 10.1 Å². The van der Waals surface area contributed by atoms with E-state index in [0.717, 1.165) is 24.1 Å². The molecule has 1 unspecified atom stereocenters. The summed E-state index contributed by atoms with van der Waals surface area (Å²) in [6.45, 7) is 4.23. The molecule has 0 amide bonds. The van der Waals surface area contributed by atoms with Crippen LogP contribution in [0, 0.1) is 5.41 Å². The highest BCUT2D eigenvalue weighted by Gasteiger charge is 2.19. The molecule has 1 aromatic heterocycles. The van der Waals surface area contributed by atoms with E-state index in [9.17, 15) is 0 Å². The Morgan fingerprint density at radius 1 is 1.25 bits per heavy atom. The second kappa shape index (κ2) is 6.37. The maximum Gasteiger partial charge on any atom is 0.0930 e. The zero-order chi connectivity index (χ0) is 14.5. The molecule has 0 bridgehead atoms. The standard InChI is InChI=1S/C16H22N4/c1-3-13-10-14(4-2)20(19-13)15(11-16(17)18)12-8-6-5-7-9-12/h5-10,15H,3-4,11H2,1-2H3,(H3,17,18). The Morgan fingerprint density at radius 2 is 1.95 bits per heavy atom. The minimum atomic E-state index is 0.00366. The monoisotopic (exact) mass is 270 g/mol. The van der Waals surface area contributed by atoms with Gasteiger partial charge in [0, 0.05) is 12.1 Å². The third-order valence-electron chi connectivity index (χ3n) is 3.48. The summed E-state index contributed by atoms with van der Waals surface area (Å²) in [6, 6.07) is 12.3. The van der Waals surface area contributed by atoms with E-state index >= 15 is 0 Å². The summed E-state index contributed by atoms with van der Waals surface area (Å²) >= 11 is 0. The van der Waals surface area contributed by atoms with Crippen molar-refractivity contribution in [2.75, 3.05) is 0 Å². The fourth-order valence-electron chi connectivity index (χ4n) is 2.43. The molecule has 1 atom stereocenters. The number of aromatic nitrogens is 2. The molecule has 20 heavy (non-hydrogen) atoms. The summed E-state index contributed by atoms with van der Waals surface area (Å²) in [7, 11) is 0. The van der Waals surface area contributed by atoms with Gasteiger partial charge >= 0.3 is 0 Å². The first-order valence-corrected chi connectivity index (χ1v) is 7.10. The van der Waals surface area contributed by atoms with Crippen LogP contribution in [-0.4, -0.2) is 15.6 Å². The van der Waals surface area contributed by atoms with Crippen molar-refractivity contribution in [1.82, 2.24) is 9.78 Å². The molecule has 2 rings (SSSR count). The van der Waals surface area contributed by atoms with Gasteiger partial charge in [-0.2, -0.15) is 5.10 Å². The highest BCUT2D eigenvalue weighted by Crippen LogP contribution is 2.24. The molecule has 0 radical (unpaired) electrons. The smallest absolute Gasteiger partial charge is 0.0930 e. The molecule has 106 valence electrons. The number of rotatable bonds is 6. The van der Waals surface area contributed by atoms with E-state index in [4.69, 9.17) is 16.2 Å². The molecular formula is C16H22N4. The van der Waals surface area contributed by atoms with Crippen LogP contribution >= 0.6 is 0 Å². The molecule has 0 aliphatic heterocycles. The van der Waals surface area contributed by atoms with Crippen molar-refractivity contribution in [3.05, 3.63) is 53.3 Å². The lowest BCUT2D eigenvalue weighted by Crippen LogP contribution is -2.22. The van der Waals surface area contributed by atoms with E-state index in [0.29, 0.717) is 6.42 Å². The van der Waals surface area contributed by atoms with Gasteiger partial charge in [0.2, 0.25) is 0 Å². The van der Waals surface area contributed by atoms with E-state index in [-0.39, 0.29) is 11.9 Å². The second-order valence-electron chi connectivity index (χ2n) is 4.93. The Hall–Kier alpha value is -2.10. The number of nitrogens with one attached hydrogen (secondary N) is 1. The number of aryl methyl sites for hydroxylation is 2. The number of amidine groups is 1. The van der Waals surface area contributed by atoms with Gasteiger partial charge in [0.25, 0.3) is 0 Å². The van der Waals surface area contributed by atoms with Crippen LogP contribution < -0.4 is 5.73 Å². The number of nitrogens with zero attached hydrogens (tertiary/aromatic N) is 2. The lowest BCUT2D eigenvalue weighted by Gasteiger charge is -2.20. The van der Waals surface area contributed by atoms with E-state index < -0.39 is 0 Å². The molecule has 1 heterocycles. The van der Waals surface area contributed by atoms with Crippen LogP contribution in [0.4, 0.5) is 0 Å². The molecule has 0 spiro atoms. The second-order valence-corrected chi connectivity index (χ2v) is 4.93. The van der Waals surface area contributed by atoms with Gasteiger partial charge in [-0.15, -0.1) is 0 Å². The molecule has 3 N–H and O–H groups in total. The predicted molar refractivity (Wildman–Crippen MR) is 82.1 cm³/mol. The molecule has 4 heteroatoms. The Labute approximate surface area is 120 Å². The zero-order valence-corrected chi connectivity index (χ0v) is 12.1.